The van der Waals surface area contributed by atoms with Crippen LogP contribution in [0, 0.1) is 6.92 Å². The number of hydrogen-bond donors (Lipinski definition) is 1. The van der Waals surface area contributed by atoms with Gasteiger partial charge in [0.25, 0.3) is 0 Å². The van der Waals surface area contributed by atoms with Gasteiger partial charge in [0.1, 0.15) is 12.3 Å². The van der Waals surface area contributed by atoms with Gasteiger partial charge in [-0.25, -0.2) is 14.6 Å². The molecule has 0 amide bonds. The molecule has 5 heteroatoms. The lowest BCUT2D eigenvalue weighted by Crippen LogP contribution is -2.06. The van der Waals surface area contributed by atoms with Gasteiger partial charge in [-0.05, 0) is 26.3 Å². The molecule has 1 N–H and O–H groups in total. The largest absolute Gasteiger partial charge is 0.461 e. The first kappa shape index (κ1) is 12.7. The number of nitrogens with one attached hydrogen (secondary N) is 1. The average Bonchev–Trinajstić information content (AvgIpc) is 2.61. The topological polar surface area (TPSA) is 60.5 Å². The van der Waals surface area contributed by atoms with Crippen molar-refractivity contribution in [2.75, 3.05) is 13.2 Å². The summed E-state index contributed by atoms with van der Waals surface area (Å²) in [6.07, 6.45) is 1.72. The number of aromatic nitrogens is 1. The molecule has 0 radical (unpaired) electrons. The minimum absolute atomic E-state index is 0.315. The van der Waals surface area contributed by atoms with Gasteiger partial charge in [-0.2, -0.15) is 0 Å². The minimum atomic E-state index is -0.345. The molecule has 0 saturated heterocycles. The van der Waals surface area contributed by atoms with Gasteiger partial charge >= 0.3 is 5.97 Å². The first-order chi connectivity index (χ1) is 7.70. The van der Waals surface area contributed by atoms with E-state index in [1.165, 1.54) is 0 Å². The molecule has 0 aliphatic heterocycles. The van der Waals surface area contributed by atoms with Crippen LogP contribution >= 0.6 is 0 Å². The summed E-state index contributed by atoms with van der Waals surface area (Å²) in [7, 11) is 0. The Morgan fingerprint density at radius 3 is 2.69 bits per heavy atom. The lowest BCUT2D eigenvalue weighted by atomic mass is 10.2. The van der Waals surface area contributed by atoms with Gasteiger partial charge in [-0.3, -0.25) is 0 Å². The van der Waals surface area contributed by atoms with Crippen molar-refractivity contribution in [3.63, 3.8) is 0 Å². The first-order valence-electron chi connectivity index (χ1n) is 5.29. The van der Waals surface area contributed by atoms with Crippen LogP contribution in [0.1, 0.15) is 35.5 Å². The van der Waals surface area contributed by atoms with E-state index in [4.69, 9.17) is 14.5 Å². The average molecular weight is 227 g/mol. The van der Waals surface area contributed by atoms with E-state index in [-0.39, 0.29) is 5.97 Å². The number of H-pyrrole nitrogens is 1. The molecule has 0 aliphatic carbocycles. The smallest absolute Gasteiger partial charge is 0.355 e. The maximum absolute atomic E-state index is 11.5. The van der Waals surface area contributed by atoms with Crippen LogP contribution in [0.5, 0.6) is 0 Å². The molecule has 0 aliphatic rings. The van der Waals surface area contributed by atoms with Crippen molar-refractivity contribution in [2.45, 2.75) is 27.4 Å². The predicted octanol–water partition coefficient (Wildman–Crippen LogP) is 1.97. The fourth-order valence-electron chi connectivity index (χ4n) is 1.29. The molecule has 0 unspecified atom stereocenters. The van der Waals surface area contributed by atoms with Crippen LogP contribution < -0.4 is 0 Å². The fraction of sp³-hybridized carbons (Fsp3) is 0.545. The Balaban J connectivity index is 2.64. The maximum atomic E-state index is 11.5. The van der Waals surface area contributed by atoms with E-state index in [1.54, 1.807) is 13.1 Å². The van der Waals surface area contributed by atoms with Gasteiger partial charge in [0.05, 0.1) is 13.2 Å². The van der Waals surface area contributed by atoms with Crippen molar-refractivity contribution in [3.8, 4) is 0 Å². The lowest BCUT2D eigenvalue weighted by Gasteiger charge is -2.02. The Morgan fingerprint density at radius 1 is 1.31 bits per heavy atom. The summed E-state index contributed by atoms with van der Waals surface area (Å²) in [4.78, 5) is 24.1. The van der Waals surface area contributed by atoms with Crippen LogP contribution in [0.25, 0.3) is 0 Å². The summed E-state index contributed by atoms with van der Waals surface area (Å²) in [5, 5.41) is 0. The van der Waals surface area contributed by atoms with Crippen LogP contribution in [0.15, 0.2) is 6.20 Å². The van der Waals surface area contributed by atoms with Gasteiger partial charge in [0.15, 0.2) is 0 Å². The second-order valence-electron chi connectivity index (χ2n) is 3.20. The number of aromatic amines is 1. The summed E-state index contributed by atoms with van der Waals surface area (Å²) in [6.45, 7) is 6.63. The molecular formula is C11H17NO4. The molecule has 0 bridgehead atoms. The Kier molecular flexibility index (Phi) is 5.01. The zero-order chi connectivity index (χ0) is 12.0. The molecule has 0 saturated carbocycles. The Hall–Kier alpha value is -1.33. The third-order valence-electron chi connectivity index (χ3n) is 2.14. The molecule has 1 heterocycles. The SMILES string of the molecule is CCOOCc1c[nH]c(C(=O)OCC)c1C. The maximum Gasteiger partial charge on any atom is 0.355 e. The van der Waals surface area contributed by atoms with E-state index in [9.17, 15) is 4.79 Å². The van der Waals surface area contributed by atoms with Gasteiger partial charge in [0, 0.05) is 11.8 Å². The fourth-order valence-corrected chi connectivity index (χ4v) is 1.29. The lowest BCUT2D eigenvalue weighted by molar-refractivity contribution is -0.300. The molecule has 5 nitrogen and oxygen atoms in total. The van der Waals surface area contributed by atoms with Crippen molar-refractivity contribution < 1.29 is 19.3 Å². The van der Waals surface area contributed by atoms with E-state index in [0.29, 0.717) is 25.5 Å². The molecular weight excluding hydrogens is 210 g/mol. The predicted molar refractivity (Wildman–Crippen MR) is 57.9 cm³/mol. The Labute approximate surface area is 94.6 Å². The molecule has 1 aromatic heterocycles. The van der Waals surface area contributed by atoms with Gasteiger partial charge in [-0.1, -0.05) is 0 Å². The summed E-state index contributed by atoms with van der Waals surface area (Å²) < 4.78 is 4.91. The van der Waals surface area contributed by atoms with Gasteiger partial charge < -0.3 is 9.72 Å². The first-order valence-corrected chi connectivity index (χ1v) is 5.29. The molecule has 0 aromatic carbocycles. The number of esters is 1. The van der Waals surface area contributed by atoms with E-state index in [1.807, 2.05) is 13.8 Å². The molecule has 16 heavy (non-hydrogen) atoms. The third kappa shape index (κ3) is 3.08. The summed E-state index contributed by atoms with van der Waals surface area (Å²) in [5.74, 6) is -0.345. The number of rotatable bonds is 6. The van der Waals surface area contributed by atoms with Gasteiger partial charge in [-0.15, -0.1) is 0 Å². The summed E-state index contributed by atoms with van der Waals surface area (Å²) in [6, 6.07) is 0. The standard InChI is InChI=1S/C11H17NO4/c1-4-14-11(13)10-8(3)9(6-12-10)7-16-15-5-2/h6,12H,4-5,7H2,1-3H3. The number of ether oxygens (including phenoxy) is 1. The van der Waals surface area contributed by atoms with Crippen LogP contribution in [0.3, 0.4) is 0 Å². The van der Waals surface area contributed by atoms with Crippen molar-refractivity contribution in [1.82, 2.24) is 4.98 Å². The highest BCUT2D eigenvalue weighted by Crippen LogP contribution is 2.15. The molecule has 0 atom stereocenters. The summed E-state index contributed by atoms with van der Waals surface area (Å²) >= 11 is 0. The van der Waals surface area contributed by atoms with Crippen molar-refractivity contribution in [1.29, 1.82) is 0 Å². The van der Waals surface area contributed by atoms with E-state index >= 15 is 0 Å². The van der Waals surface area contributed by atoms with E-state index < -0.39 is 0 Å². The zero-order valence-corrected chi connectivity index (χ0v) is 9.83. The second kappa shape index (κ2) is 6.30. The number of carbonyl (C=O) groups excluding carboxylic acids is 1. The molecule has 1 aromatic rings. The van der Waals surface area contributed by atoms with Crippen LogP contribution in [0.2, 0.25) is 0 Å². The van der Waals surface area contributed by atoms with E-state index in [0.717, 1.165) is 11.1 Å². The highest BCUT2D eigenvalue weighted by molar-refractivity contribution is 5.89. The van der Waals surface area contributed by atoms with Crippen LogP contribution in [0.4, 0.5) is 0 Å². The highest BCUT2D eigenvalue weighted by atomic mass is 17.2. The zero-order valence-electron chi connectivity index (χ0n) is 9.83. The monoisotopic (exact) mass is 227 g/mol. The summed E-state index contributed by atoms with van der Waals surface area (Å²) in [5.41, 5.74) is 2.19. The number of hydrogen-bond acceptors (Lipinski definition) is 4. The quantitative estimate of drug-likeness (QED) is 0.349. The molecule has 1 rings (SSSR count). The molecule has 0 fully saturated rings. The molecule has 90 valence electrons. The normalized spacial score (nSPS) is 10.4. The van der Waals surface area contributed by atoms with Crippen molar-refractivity contribution >= 4 is 5.97 Å². The minimum Gasteiger partial charge on any atom is -0.461 e. The van der Waals surface area contributed by atoms with Gasteiger partial charge in [0.2, 0.25) is 0 Å². The second-order valence-corrected chi connectivity index (χ2v) is 3.20. The Morgan fingerprint density at radius 2 is 2.06 bits per heavy atom. The van der Waals surface area contributed by atoms with Crippen molar-refractivity contribution in [2.24, 2.45) is 0 Å². The Bertz CT molecular complexity index is 346. The van der Waals surface area contributed by atoms with Crippen LogP contribution in [-0.4, -0.2) is 24.2 Å². The third-order valence-corrected chi connectivity index (χ3v) is 2.14. The van der Waals surface area contributed by atoms with Crippen molar-refractivity contribution in [3.05, 3.63) is 23.0 Å². The number of carbonyl (C=O) groups is 1. The van der Waals surface area contributed by atoms with Crippen LogP contribution in [-0.2, 0) is 21.1 Å². The molecule has 0 spiro atoms. The van der Waals surface area contributed by atoms with E-state index in [2.05, 4.69) is 4.98 Å². The highest BCUT2D eigenvalue weighted by Gasteiger charge is 2.15.